The lowest BCUT2D eigenvalue weighted by Gasteiger charge is -2.06. The van der Waals surface area contributed by atoms with E-state index < -0.39 is 0 Å². The maximum Gasteiger partial charge on any atom is 0.224 e. The van der Waals surface area contributed by atoms with Crippen molar-refractivity contribution in [1.82, 2.24) is 0 Å². The molecule has 1 N–H and O–H groups in total. The Bertz CT molecular complexity index is 604. The average molecular weight is 281 g/mol. The van der Waals surface area contributed by atoms with E-state index in [1.807, 2.05) is 68.4 Å². The quantitative estimate of drug-likeness (QED) is 0.763. The highest BCUT2D eigenvalue weighted by Gasteiger charge is 2.04. The van der Waals surface area contributed by atoms with E-state index in [1.54, 1.807) is 0 Å². The number of nitrogens with one attached hydrogen (secondary N) is 1. The fourth-order valence-corrected chi connectivity index (χ4v) is 1.80. The molecule has 4 nitrogen and oxygen atoms in total. The maximum atomic E-state index is 11.7. The van der Waals surface area contributed by atoms with E-state index in [0.717, 1.165) is 17.1 Å². The highest BCUT2D eigenvalue weighted by molar-refractivity contribution is 5.90. The van der Waals surface area contributed by atoms with E-state index in [1.165, 1.54) is 0 Å². The van der Waals surface area contributed by atoms with E-state index in [0.29, 0.717) is 12.3 Å². The topological polar surface area (TPSA) is 53.8 Å². The Morgan fingerprint density at radius 3 is 2.10 bits per heavy atom. The van der Waals surface area contributed by atoms with Crippen LogP contribution in [0.2, 0.25) is 0 Å². The first kappa shape index (κ1) is 14.9. The molecule has 108 valence electrons. The molecule has 0 spiro atoms. The molecule has 0 heterocycles. The fraction of sp³-hybridized carbons (Fsp3) is 0.235. The molecule has 0 atom stereocenters. The molecule has 1 amide bonds. The van der Waals surface area contributed by atoms with Gasteiger partial charge in [-0.2, -0.15) is 10.2 Å². The third kappa shape index (κ3) is 5.18. The lowest BCUT2D eigenvalue weighted by atomic mass is 10.1. The van der Waals surface area contributed by atoms with Gasteiger partial charge in [0.2, 0.25) is 5.91 Å². The number of carbonyl (C=O) groups excluding carboxylic acids is 1. The minimum absolute atomic E-state index is 0.0312. The Hall–Kier alpha value is -2.49. The van der Waals surface area contributed by atoms with Crippen molar-refractivity contribution in [2.45, 2.75) is 20.3 Å². The number of hydrogen-bond donors (Lipinski definition) is 1. The van der Waals surface area contributed by atoms with Gasteiger partial charge in [-0.05, 0) is 42.3 Å². The van der Waals surface area contributed by atoms with Gasteiger partial charge in [-0.15, -0.1) is 0 Å². The monoisotopic (exact) mass is 281 g/mol. The molecule has 0 saturated heterocycles. The minimum atomic E-state index is 0.0312. The van der Waals surface area contributed by atoms with Gasteiger partial charge in [0.05, 0.1) is 11.4 Å². The smallest absolute Gasteiger partial charge is 0.224 e. The lowest BCUT2D eigenvalue weighted by Crippen LogP contribution is -2.13. The average Bonchev–Trinajstić information content (AvgIpc) is 2.47. The van der Waals surface area contributed by atoms with Crippen molar-refractivity contribution in [1.29, 1.82) is 0 Å². The third-order valence-electron chi connectivity index (χ3n) is 2.78. The number of anilines is 1. The van der Waals surface area contributed by atoms with Crippen LogP contribution in [0.15, 0.2) is 64.8 Å². The van der Waals surface area contributed by atoms with Gasteiger partial charge in [0.15, 0.2) is 0 Å². The zero-order valence-electron chi connectivity index (χ0n) is 12.3. The van der Waals surface area contributed by atoms with E-state index in [9.17, 15) is 4.79 Å². The molecule has 2 rings (SSSR count). The van der Waals surface area contributed by atoms with Crippen molar-refractivity contribution >= 4 is 23.0 Å². The van der Waals surface area contributed by atoms with Gasteiger partial charge in [0, 0.05) is 12.1 Å². The van der Waals surface area contributed by atoms with Crippen LogP contribution < -0.4 is 5.32 Å². The Morgan fingerprint density at radius 1 is 0.952 bits per heavy atom. The molecule has 2 aromatic rings. The normalized spacial score (nSPS) is 11.0. The highest BCUT2D eigenvalue weighted by atomic mass is 16.1. The van der Waals surface area contributed by atoms with E-state index in [2.05, 4.69) is 15.5 Å². The van der Waals surface area contributed by atoms with Crippen LogP contribution >= 0.6 is 0 Å². The maximum absolute atomic E-state index is 11.7. The first-order chi connectivity index (χ1) is 10.1. The Labute approximate surface area is 124 Å². The standard InChI is InChI=1S/C17H19N3O/c1-13(2)12-17(21)18-14-8-10-16(11-9-14)20-19-15-6-4-3-5-7-15/h3-11,13H,12H2,1-2H3,(H,18,21). The Morgan fingerprint density at radius 2 is 1.52 bits per heavy atom. The van der Waals surface area contributed by atoms with Gasteiger partial charge in [-0.1, -0.05) is 32.0 Å². The molecule has 0 unspecified atom stereocenters. The second-order valence-corrected chi connectivity index (χ2v) is 5.23. The molecule has 0 aliphatic heterocycles. The Kier molecular flexibility index (Phi) is 5.21. The summed E-state index contributed by atoms with van der Waals surface area (Å²) >= 11 is 0. The van der Waals surface area contributed by atoms with Crippen LogP contribution in [0, 0.1) is 5.92 Å². The summed E-state index contributed by atoms with van der Waals surface area (Å²) < 4.78 is 0. The largest absolute Gasteiger partial charge is 0.326 e. The van der Waals surface area contributed by atoms with Crippen molar-refractivity contribution in [3.63, 3.8) is 0 Å². The zero-order valence-corrected chi connectivity index (χ0v) is 12.3. The molecule has 21 heavy (non-hydrogen) atoms. The first-order valence-electron chi connectivity index (χ1n) is 7.00. The van der Waals surface area contributed by atoms with Gasteiger partial charge in [-0.3, -0.25) is 4.79 Å². The van der Waals surface area contributed by atoms with Gasteiger partial charge in [-0.25, -0.2) is 0 Å². The van der Waals surface area contributed by atoms with Crippen molar-refractivity contribution in [2.75, 3.05) is 5.32 Å². The summed E-state index contributed by atoms with van der Waals surface area (Å²) in [4.78, 5) is 11.7. The van der Waals surface area contributed by atoms with Crippen molar-refractivity contribution in [2.24, 2.45) is 16.1 Å². The molecule has 0 aliphatic carbocycles. The minimum Gasteiger partial charge on any atom is -0.326 e. The van der Waals surface area contributed by atoms with Crippen molar-refractivity contribution < 1.29 is 4.79 Å². The number of benzene rings is 2. The number of nitrogens with zero attached hydrogens (tertiary/aromatic N) is 2. The van der Waals surface area contributed by atoms with Crippen LogP contribution in [0.5, 0.6) is 0 Å². The fourth-order valence-electron chi connectivity index (χ4n) is 1.80. The highest BCUT2D eigenvalue weighted by Crippen LogP contribution is 2.20. The van der Waals surface area contributed by atoms with Gasteiger partial charge in [0.25, 0.3) is 0 Å². The predicted octanol–water partition coefficient (Wildman–Crippen LogP) is 5.09. The summed E-state index contributed by atoms with van der Waals surface area (Å²) in [5, 5.41) is 11.2. The second-order valence-electron chi connectivity index (χ2n) is 5.23. The predicted molar refractivity (Wildman–Crippen MR) is 85.1 cm³/mol. The van der Waals surface area contributed by atoms with Crippen LogP contribution in [0.25, 0.3) is 0 Å². The summed E-state index contributed by atoms with van der Waals surface area (Å²) in [5.41, 5.74) is 2.34. The number of carbonyl (C=O) groups is 1. The molecule has 0 fully saturated rings. The second kappa shape index (κ2) is 7.33. The van der Waals surface area contributed by atoms with Crippen LogP contribution in [-0.4, -0.2) is 5.91 Å². The first-order valence-corrected chi connectivity index (χ1v) is 7.00. The summed E-state index contributed by atoms with van der Waals surface area (Å²) in [6.45, 7) is 4.04. The summed E-state index contributed by atoms with van der Waals surface area (Å²) in [5.74, 6) is 0.382. The molecule has 4 heteroatoms. The molecule has 0 aliphatic rings. The number of rotatable bonds is 5. The van der Waals surface area contributed by atoms with Gasteiger partial charge >= 0.3 is 0 Å². The molecule has 0 bridgehead atoms. The van der Waals surface area contributed by atoms with E-state index >= 15 is 0 Å². The van der Waals surface area contributed by atoms with Crippen LogP contribution in [0.3, 0.4) is 0 Å². The molecular weight excluding hydrogens is 262 g/mol. The molecule has 0 saturated carbocycles. The van der Waals surface area contributed by atoms with Crippen molar-refractivity contribution in [3.8, 4) is 0 Å². The van der Waals surface area contributed by atoms with Crippen LogP contribution in [-0.2, 0) is 4.79 Å². The van der Waals surface area contributed by atoms with Crippen molar-refractivity contribution in [3.05, 3.63) is 54.6 Å². The van der Waals surface area contributed by atoms with E-state index in [4.69, 9.17) is 0 Å². The lowest BCUT2D eigenvalue weighted by molar-refractivity contribution is -0.116. The van der Waals surface area contributed by atoms with Gasteiger partial charge in [0.1, 0.15) is 0 Å². The Balaban J connectivity index is 1.96. The molecule has 0 radical (unpaired) electrons. The number of amides is 1. The van der Waals surface area contributed by atoms with Crippen LogP contribution in [0.1, 0.15) is 20.3 Å². The van der Waals surface area contributed by atoms with Gasteiger partial charge < -0.3 is 5.32 Å². The number of azo groups is 1. The summed E-state index contributed by atoms with van der Waals surface area (Å²) in [7, 11) is 0. The summed E-state index contributed by atoms with van der Waals surface area (Å²) in [6, 6.07) is 16.9. The van der Waals surface area contributed by atoms with Crippen LogP contribution in [0.4, 0.5) is 17.1 Å². The summed E-state index contributed by atoms with van der Waals surface area (Å²) in [6.07, 6.45) is 0.523. The SMILES string of the molecule is CC(C)CC(=O)Nc1ccc(N=Nc2ccccc2)cc1. The molecule has 2 aromatic carbocycles. The number of hydrogen-bond acceptors (Lipinski definition) is 3. The van der Waals surface area contributed by atoms with E-state index in [-0.39, 0.29) is 5.91 Å². The third-order valence-corrected chi connectivity index (χ3v) is 2.78. The zero-order chi connectivity index (χ0) is 15.1. The molecular formula is C17H19N3O. The molecule has 0 aromatic heterocycles.